The van der Waals surface area contributed by atoms with Crippen molar-refractivity contribution in [1.29, 1.82) is 0 Å². The molecule has 0 aromatic rings. The van der Waals surface area contributed by atoms with Gasteiger partial charge in [-0.25, -0.2) is 0 Å². The number of ether oxygens (including phenoxy) is 1. The molecule has 0 aliphatic heterocycles. The molecule has 0 unspecified atom stereocenters. The van der Waals surface area contributed by atoms with Crippen LogP contribution in [-0.2, 0) is 4.74 Å². The second kappa shape index (κ2) is 8.13. The summed E-state index contributed by atoms with van der Waals surface area (Å²) >= 11 is 0. The molecule has 0 spiro atoms. The van der Waals surface area contributed by atoms with Gasteiger partial charge in [-0.15, -0.1) is 0 Å². The van der Waals surface area contributed by atoms with Crippen molar-refractivity contribution in [2.45, 2.75) is 20.4 Å². The van der Waals surface area contributed by atoms with Crippen LogP contribution in [0.15, 0.2) is 21.0 Å². The van der Waals surface area contributed by atoms with E-state index in [1.165, 1.54) is 10.8 Å². The summed E-state index contributed by atoms with van der Waals surface area (Å²) < 4.78 is 4.85. The highest BCUT2D eigenvalue weighted by atomic mass is 28.2. The largest absolute Gasteiger partial charge is 0.383 e. The van der Waals surface area contributed by atoms with Crippen LogP contribution in [0.4, 0.5) is 0 Å². The van der Waals surface area contributed by atoms with Crippen LogP contribution < -0.4 is 0 Å². The maximum atomic E-state index is 4.85. The minimum atomic E-state index is 0.654. The zero-order chi connectivity index (χ0) is 10.1. The monoisotopic (exact) mass is 198 g/mol. The van der Waals surface area contributed by atoms with Gasteiger partial charge >= 0.3 is 0 Å². The van der Waals surface area contributed by atoms with Crippen LogP contribution in [0, 0.1) is 0 Å². The fraction of sp³-hybridized carbons (Fsp3) is 0.778. The van der Waals surface area contributed by atoms with Gasteiger partial charge < -0.3 is 4.74 Å². The van der Waals surface area contributed by atoms with Gasteiger partial charge in [-0.05, 0) is 13.8 Å². The first-order valence-electron chi connectivity index (χ1n) is 4.38. The van der Waals surface area contributed by atoms with Crippen molar-refractivity contribution < 1.29 is 4.74 Å². The molecule has 0 aliphatic rings. The lowest BCUT2D eigenvalue weighted by Gasteiger charge is -2.00. The van der Waals surface area contributed by atoms with Crippen LogP contribution in [0.2, 0.25) is 6.55 Å². The highest BCUT2D eigenvalue weighted by Gasteiger charge is 1.93. The summed E-state index contributed by atoms with van der Waals surface area (Å²) in [6.07, 6.45) is 0. The molecule has 0 aromatic heterocycles. The maximum Gasteiger partial charge on any atom is 0.0832 e. The summed E-state index contributed by atoms with van der Waals surface area (Å²) in [5.41, 5.74) is 1.34. The van der Waals surface area contributed by atoms with Crippen molar-refractivity contribution in [2.75, 3.05) is 26.8 Å². The quantitative estimate of drug-likeness (QED) is 0.366. The van der Waals surface area contributed by atoms with Crippen LogP contribution in [0.3, 0.4) is 0 Å². The Morgan fingerprint density at radius 3 is 2.54 bits per heavy atom. The van der Waals surface area contributed by atoms with Gasteiger partial charge in [0.05, 0.1) is 29.2 Å². The van der Waals surface area contributed by atoms with Crippen molar-refractivity contribution >= 4 is 9.52 Å². The van der Waals surface area contributed by atoms with Crippen molar-refractivity contribution in [1.82, 2.24) is 0 Å². The number of azo groups is 1. The minimum Gasteiger partial charge on any atom is -0.383 e. The standard InChI is InChI=1S/C9H18N2OSi/c1-8(9(2)13-4)7-11-10-5-6-12-3/h5-7H2,1-4H3. The Kier molecular flexibility index (Phi) is 7.83. The lowest BCUT2D eigenvalue weighted by atomic mass is 10.3. The molecule has 0 saturated carbocycles. The van der Waals surface area contributed by atoms with E-state index in [2.05, 4.69) is 30.6 Å². The molecular formula is C9H18N2OSi. The van der Waals surface area contributed by atoms with Gasteiger partial charge in [0.1, 0.15) is 0 Å². The number of allylic oxidation sites excluding steroid dienone is 1. The fourth-order valence-electron chi connectivity index (χ4n) is 0.691. The van der Waals surface area contributed by atoms with E-state index >= 15 is 0 Å². The maximum absolute atomic E-state index is 4.85. The molecule has 74 valence electrons. The highest BCUT2D eigenvalue weighted by Crippen LogP contribution is 2.01. The van der Waals surface area contributed by atoms with E-state index in [0.29, 0.717) is 13.2 Å². The molecule has 0 rings (SSSR count). The first kappa shape index (κ1) is 12.5. The summed E-state index contributed by atoms with van der Waals surface area (Å²) in [7, 11) is 2.55. The van der Waals surface area contributed by atoms with Crippen LogP contribution in [0.25, 0.3) is 0 Å². The molecule has 3 nitrogen and oxygen atoms in total. The van der Waals surface area contributed by atoms with Gasteiger partial charge in [-0.1, -0.05) is 17.3 Å². The lowest BCUT2D eigenvalue weighted by Crippen LogP contribution is -1.95. The Morgan fingerprint density at radius 1 is 1.31 bits per heavy atom. The molecule has 0 amide bonds. The van der Waals surface area contributed by atoms with Crippen LogP contribution in [0.1, 0.15) is 13.8 Å². The van der Waals surface area contributed by atoms with Gasteiger partial charge in [-0.2, -0.15) is 10.2 Å². The van der Waals surface area contributed by atoms with Crippen molar-refractivity contribution in [2.24, 2.45) is 10.2 Å². The summed E-state index contributed by atoms with van der Waals surface area (Å²) in [5, 5.41) is 9.49. The Hall–Kier alpha value is -0.483. The molecule has 0 atom stereocenters. The number of rotatable bonds is 6. The Morgan fingerprint density at radius 2 is 2.00 bits per heavy atom. The molecule has 13 heavy (non-hydrogen) atoms. The molecule has 0 fully saturated rings. The molecule has 2 radical (unpaired) electrons. The van der Waals surface area contributed by atoms with Crippen molar-refractivity contribution in [3.05, 3.63) is 10.8 Å². The second-order valence-corrected chi connectivity index (χ2v) is 4.06. The van der Waals surface area contributed by atoms with E-state index in [4.69, 9.17) is 4.74 Å². The summed E-state index contributed by atoms with van der Waals surface area (Å²) in [6, 6.07) is 0. The topological polar surface area (TPSA) is 34.0 Å². The van der Waals surface area contributed by atoms with Gasteiger partial charge in [0.25, 0.3) is 0 Å². The molecule has 0 aromatic carbocycles. The van der Waals surface area contributed by atoms with E-state index in [1.54, 1.807) is 7.11 Å². The summed E-state index contributed by atoms with van der Waals surface area (Å²) in [6.45, 7) is 8.49. The predicted octanol–water partition coefficient (Wildman–Crippen LogP) is 2.13. The first-order valence-corrected chi connectivity index (χ1v) is 5.88. The Labute approximate surface area is 83.1 Å². The zero-order valence-electron chi connectivity index (χ0n) is 8.92. The van der Waals surface area contributed by atoms with Gasteiger partial charge in [0.15, 0.2) is 0 Å². The molecule has 0 saturated heterocycles. The molecule has 0 heterocycles. The van der Waals surface area contributed by atoms with Gasteiger partial charge in [-0.3, -0.25) is 0 Å². The summed E-state index contributed by atoms with van der Waals surface area (Å²) in [4.78, 5) is 0. The smallest absolute Gasteiger partial charge is 0.0832 e. The number of hydrogen-bond acceptors (Lipinski definition) is 3. The van der Waals surface area contributed by atoms with E-state index < -0.39 is 0 Å². The van der Waals surface area contributed by atoms with E-state index in [9.17, 15) is 0 Å². The van der Waals surface area contributed by atoms with E-state index in [-0.39, 0.29) is 0 Å². The Balaban J connectivity index is 3.69. The van der Waals surface area contributed by atoms with Crippen LogP contribution in [-0.4, -0.2) is 36.3 Å². The molecule has 4 heteroatoms. The number of hydrogen-bond donors (Lipinski definition) is 0. The minimum absolute atomic E-state index is 0.654. The van der Waals surface area contributed by atoms with Crippen molar-refractivity contribution in [3.8, 4) is 0 Å². The third-order valence-corrected chi connectivity index (χ3v) is 3.00. The summed E-state index contributed by atoms with van der Waals surface area (Å²) in [5.74, 6) is 0. The number of nitrogens with zero attached hydrogens (tertiary/aromatic N) is 2. The van der Waals surface area contributed by atoms with Crippen LogP contribution >= 0.6 is 0 Å². The predicted molar refractivity (Wildman–Crippen MR) is 56.5 cm³/mol. The normalized spacial score (nSPS) is 13.5. The van der Waals surface area contributed by atoms with Crippen LogP contribution in [0.5, 0.6) is 0 Å². The fourth-order valence-corrected chi connectivity index (χ4v) is 1.20. The third kappa shape index (κ3) is 6.66. The SMILES string of the molecule is COCCN=NCC(C)=C(C)[Si]C. The molecular weight excluding hydrogens is 180 g/mol. The lowest BCUT2D eigenvalue weighted by molar-refractivity contribution is 0.206. The van der Waals surface area contributed by atoms with E-state index in [0.717, 1.165) is 16.1 Å². The highest BCUT2D eigenvalue weighted by molar-refractivity contribution is 6.43. The van der Waals surface area contributed by atoms with Gasteiger partial charge in [0, 0.05) is 7.11 Å². The van der Waals surface area contributed by atoms with Gasteiger partial charge in [0.2, 0.25) is 0 Å². The first-order chi connectivity index (χ1) is 6.22. The molecule has 0 bridgehead atoms. The molecule has 0 N–H and O–H groups in total. The van der Waals surface area contributed by atoms with Crippen molar-refractivity contribution in [3.63, 3.8) is 0 Å². The average Bonchev–Trinajstić information content (AvgIpc) is 2.16. The molecule has 0 aliphatic carbocycles. The third-order valence-electron chi connectivity index (χ3n) is 1.82. The zero-order valence-corrected chi connectivity index (χ0v) is 9.92. The average molecular weight is 198 g/mol. The second-order valence-electron chi connectivity index (χ2n) is 2.81. The van der Waals surface area contributed by atoms with E-state index in [1.807, 2.05) is 0 Å². The Bertz CT molecular complexity index is 190. The number of methoxy groups -OCH3 is 1.